The van der Waals surface area contributed by atoms with Crippen molar-refractivity contribution >= 4 is 11.6 Å². The van der Waals surface area contributed by atoms with Crippen LogP contribution in [0.15, 0.2) is 24.3 Å². The van der Waals surface area contributed by atoms with Gasteiger partial charge in [0.2, 0.25) is 0 Å². The van der Waals surface area contributed by atoms with Gasteiger partial charge in [0.1, 0.15) is 12.4 Å². The average molecular weight is 256 g/mol. The standard InChI is InChI=1S/C13H18ClNO2/c14-12-5-1-2-6-13(12)17-9-8-15-7-3-4-11(16)10-15/h1-2,5-6,11,16H,3-4,7-10H2/t11-/m0/s1. The summed E-state index contributed by atoms with van der Waals surface area (Å²) in [6.07, 6.45) is 1.80. The molecule has 94 valence electrons. The molecule has 0 aliphatic carbocycles. The van der Waals surface area contributed by atoms with Crippen molar-refractivity contribution < 1.29 is 9.84 Å². The van der Waals surface area contributed by atoms with Crippen LogP contribution in [0, 0.1) is 0 Å². The number of aliphatic hydroxyl groups excluding tert-OH is 1. The highest BCUT2D eigenvalue weighted by Gasteiger charge is 2.17. The number of aliphatic hydroxyl groups is 1. The first-order valence-electron chi connectivity index (χ1n) is 6.03. The van der Waals surface area contributed by atoms with Crippen LogP contribution in [0.3, 0.4) is 0 Å². The van der Waals surface area contributed by atoms with Crippen LogP contribution in [0.5, 0.6) is 5.75 Å². The Morgan fingerprint density at radius 3 is 3.00 bits per heavy atom. The minimum absolute atomic E-state index is 0.177. The molecular weight excluding hydrogens is 238 g/mol. The number of β-amino-alcohol motifs (C(OH)–C–C–N with tert-alkyl or cyclic N) is 1. The smallest absolute Gasteiger partial charge is 0.137 e. The molecule has 0 unspecified atom stereocenters. The van der Waals surface area contributed by atoms with Gasteiger partial charge in [0.25, 0.3) is 0 Å². The number of hydrogen-bond acceptors (Lipinski definition) is 3. The second kappa shape index (κ2) is 6.24. The molecule has 0 amide bonds. The lowest BCUT2D eigenvalue weighted by Crippen LogP contribution is -2.40. The van der Waals surface area contributed by atoms with E-state index in [-0.39, 0.29) is 6.10 Å². The highest BCUT2D eigenvalue weighted by molar-refractivity contribution is 6.32. The van der Waals surface area contributed by atoms with E-state index in [1.54, 1.807) is 0 Å². The molecule has 1 aliphatic rings. The summed E-state index contributed by atoms with van der Waals surface area (Å²) in [5.41, 5.74) is 0. The number of hydrogen-bond donors (Lipinski definition) is 1. The fraction of sp³-hybridized carbons (Fsp3) is 0.538. The average Bonchev–Trinajstić information content (AvgIpc) is 2.32. The largest absolute Gasteiger partial charge is 0.491 e. The second-order valence-corrected chi connectivity index (χ2v) is 4.78. The molecule has 1 aliphatic heterocycles. The third kappa shape index (κ3) is 3.87. The predicted octanol–water partition coefficient (Wildman–Crippen LogP) is 2.18. The van der Waals surface area contributed by atoms with Gasteiger partial charge >= 0.3 is 0 Å². The van der Waals surface area contributed by atoms with E-state index in [1.165, 1.54) is 0 Å². The van der Waals surface area contributed by atoms with Crippen molar-refractivity contribution in [3.63, 3.8) is 0 Å². The normalized spacial score (nSPS) is 21.4. The van der Waals surface area contributed by atoms with Crippen LogP contribution in [-0.2, 0) is 0 Å². The lowest BCUT2D eigenvalue weighted by Gasteiger charge is -2.29. The van der Waals surface area contributed by atoms with Crippen molar-refractivity contribution in [2.45, 2.75) is 18.9 Å². The number of nitrogens with zero attached hydrogens (tertiary/aromatic N) is 1. The number of likely N-dealkylation sites (tertiary alicyclic amines) is 1. The number of ether oxygens (including phenoxy) is 1. The van der Waals surface area contributed by atoms with Gasteiger partial charge in [-0.05, 0) is 31.5 Å². The Morgan fingerprint density at radius 1 is 1.41 bits per heavy atom. The Kier molecular flexibility index (Phi) is 4.66. The van der Waals surface area contributed by atoms with Gasteiger partial charge in [-0.3, -0.25) is 4.90 Å². The van der Waals surface area contributed by atoms with Gasteiger partial charge in [-0.2, -0.15) is 0 Å². The highest BCUT2D eigenvalue weighted by Crippen LogP contribution is 2.23. The van der Waals surface area contributed by atoms with Crippen molar-refractivity contribution in [2.75, 3.05) is 26.2 Å². The molecule has 0 saturated carbocycles. The maximum Gasteiger partial charge on any atom is 0.137 e. The Labute approximate surface area is 107 Å². The van der Waals surface area contributed by atoms with E-state index in [4.69, 9.17) is 16.3 Å². The molecule has 1 saturated heterocycles. The summed E-state index contributed by atoms with van der Waals surface area (Å²) in [5, 5.41) is 10.2. The van der Waals surface area contributed by atoms with Crippen molar-refractivity contribution in [1.82, 2.24) is 4.90 Å². The summed E-state index contributed by atoms with van der Waals surface area (Å²) >= 11 is 5.99. The molecule has 0 radical (unpaired) electrons. The molecule has 1 aromatic carbocycles. The Bertz CT molecular complexity index is 359. The molecular formula is C13H18ClNO2. The zero-order valence-corrected chi connectivity index (χ0v) is 10.6. The van der Waals surface area contributed by atoms with Crippen LogP contribution in [0.2, 0.25) is 5.02 Å². The predicted molar refractivity (Wildman–Crippen MR) is 68.6 cm³/mol. The third-order valence-electron chi connectivity index (χ3n) is 2.98. The van der Waals surface area contributed by atoms with Crippen LogP contribution >= 0.6 is 11.6 Å². The van der Waals surface area contributed by atoms with E-state index in [0.29, 0.717) is 11.6 Å². The van der Waals surface area contributed by atoms with E-state index in [1.807, 2.05) is 24.3 Å². The SMILES string of the molecule is O[C@H]1CCCN(CCOc2ccccc2Cl)C1. The molecule has 0 aromatic heterocycles. The molecule has 1 N–H and O–H groups in total. The summed E-state index contributed by atoms with van der Waals surface area (Å²) in [6, 6.07) is 7.48. The first kappa shape index (κ1) is 12.7. The maximum absolute atomic E-state index is 9.54. The van der Waals surface area contributed by atoms with Gasteiger partial charge in [0.05, 0.1) is 11.1 Å². The van der Waals surface area contributed by atoms with E-state index >= 15 is 0 Å². The zero-order chi connectivity index (χ0) is 12.1. The van der Waals surface area contributed by atoms with Crippen molar-refractivity contribution in [2.24, 2.45) is 0 Å². The van der Waals surface area contributed by atoms with Crippen LogP contribution in [0.25, 0.3) is 0 Å². The summed E-state index contributed by atoms with van der Waals surface area (Å²) in [6.45, 7) is 3.24. The maximum atomic E-state index is 9.54. The Hall–Kier alpha value is -0.770. The molecule has 1 fully saturated rings. The molecule has 17 heavy (non-hydrogen) atoms. The quantitative estimate of drug-likeness (QED) is 0.895. The van der Waals surface area contributed by atoms with Gasteiger partial charge in [0.15, 0.2) is 0 Å². The first-order valence-corrected chi connectivity index (χ1v) is 6.41. The molecule has 1 aromatic rings. The van der Waals surface area contributed by atoms with Crippen LogP contribution < -0.4 is 4.74 Å². The van der Waals surface area contributed by atoms with E-state index in [9.17, 15) is 5.11 Å². The number of rotatable bonds is 4. The molecule has 0 bridgehead atoms. The summed E-state index contributed by atoms with van der Waals surface area (Å²) < 4.78 is 5.62. The molecule has 3 nitrogen and oxygen atoms in total. The monoisotopic (exact) mass is 255 g/mol. The Balaban J connectivity index is 1.74. The molecule has 0 spiro atoms. The number of halogens is 1. The fourth-order valence-electron chi connectivity index (χ4n) is 2.08. The lowest BCUT2D eigenvalue weighted by atomic mass is 10.1. The van der Waals surface area contributed by atoms with E-state index in [0.717, 1.165) is 38.2 Å². The van der Waals surface area contributed by atoms with Crippen LogP contribution in [0.1, 0.15) is 12.8 Å². The molecule has 4 heteroatoms. The Morgan fingerprint density at radius 2 is 2.24 bits per heavy atom. The second-order valence-electron chi connectivity index (χ2n) is 4.38. The first-order chi connectivity index (χ1) is 8.25. The molecule has 1 heterocycles. The summed E-state index contributed by atoms with van der Waals surface area (Å²) in [5.74, 6) is 0.728. The van der Waals surface area contributed by atoms with Gasteiger partial charge in [-0.25, -0.2) is 0 Å². The minimum atomic E-state index is -0.177. The highest BCUT2D eigenvalue weighted by atomic mass is 35.5. The van der Waals surface area contributed by atoms with Gasteiger partial charge in [-0.1, -0.05) is 23.7 Å². The summed E-state index contributed by atoms with van der Waals surface area (Å²) in [4.78, 5) is 2.23. The van der Waals surface area contributed by atoms with Gasteiger partial charge in [-0.15, -0.1) is 0 Å². The van der Waals surface area contributed by atoms with Gasteiger partial charge < -0.3 is 9.84 Å². The zero-order valence-electron chi connectivity index (χ0n) is 9.81. The third-order valence-corrected chi connectivity index (χ3v) is 3.29. The minimum Gasteiger partial charge on any atom is -0.491 e. The molecule has 2 rings (SSSR count). The van der Waals surface area contributed by atoms with E-state index in [2.05, 4.69) is 4.90 Å². The van der Waals surface area contributed by atoms with Crippen LogP contribution in [-0.4, -0.2) is 42.4 Å². The fourth-order valence-corrected chi connectivity index (χ4v) is 2.27. The number of para-hydroxylation sites is 1. The number of benzene rings is 1. The van der Waals surface area contributed by atoms with Crippen LogP contribution in [0.4, 0.5) is 0 Å². The van der Waals surface area contributed by atoms with Crippen molar-refractivity contribution in [3.05, 3.63) is 29.3 Å². The topological polar surface area (TPSA) is 32.7 Å². The lowest BCUT2D eigenvalue weighted by molar-refractivity contribution is 0.0633. The van der Waals surface area contributed by atoms with Gasteiger partial charge in [0, 0.05) is 13.1 Å². The molecule has 1 atom stereocenters. The van der Waals surface area contributed by atoms with E-state index < -0.39 is 0 Å². The van der Waals surface area contributed by atoms with Crippen molar-refractivity contribution in [1.29, 1.82) is 0 Å². The number of piperidine rings is 1. The van der Waals surface area contributed by atoms with Crippen molar-refractivity contribution in [3.8, 4) is 5.75 Å². The summed E-state index contributed by atoms with van der Waals surface area (Å²) in [7, 11) is 0.